The predicted molar refractivity (Wildman–Crippen MR) is 413 cm³/mol. The number of anilines is 6. The number of nitrogens with zero attached hydrogens (tertiary/aromatic N) is 3. The predicted octanol–water partition coefficient (Wildman–Crippen LogP) is 26.8. The SMILES string of the molecule is CC(C)(C)c1cc(-c2cccc(N(c3cc(-c4ccccc4)cc(-c4ccccc4)c3)c3cc(Cl)cc(N(c4cc(-c5ccccc5)cc(-c5ccccc5)c4)c4ccc5c6ccccc6c6ccccc6c6cccc7c8ccccc8n(c5c4)c67)c3)c2)cc(C(C)(C)C)c1. The fraction of sp³-hybridized carbons (Fsp3) is 0.0870. The van der Waals surface area contributed by atoms with E-state index >= 15 is 0 Å². The van der Waals surface area contributed by atoms with Gasteiger partial charge in [-0.25, -0.2) is 0 Å². The van der Waals surface area contributed by atoms with Crippen LogP contribution in [-0.2, 0) is 10.8 Å². The van der Waals surface area contributed by atoms with Crippen LogP contribution in [0.1, 0.15) is 52.7 Å². The van der Waals surface area contributed by atoms with E-state index in [0.29, 0.717) is 5.02 Å². The molecule has 0 aliphatic heterocycles. The van der Waals surface area contributed by atoms with Crippen LogP contribution in [0.4, 0.5) is 34.1 Å². The van der Waals surface area contributed by atoms with Crippen molar-refractivity contribution in [2.24, 2.45) is 0 Å². The van der Waals surface area contributed by atoms with Crippen molar-refractivity contribution >= 4 is 105 Å². The summed E-state index contributed by atoms with van der Waals surface area (Å²) in [5.41, 5.74) is 22.7. The summed E-state index contributed by atoms with van der Waals surface area (Å²) in [6, 6.07) is 121. The summed E-state index contributed by atoms with van der Waals surface area (Å²) in [6.07, 6.45) is 0. The van der Waals surface area contributed by atoms with Crippen molar-refractivity contribution in [2.75, 3.05) is 9.80 Å². The second-order valence-electron chi connectivity index (χ2n) is 27.5. The number of hydrogen-bond donors (Lipinski definition) is 0. The zero-order chi connectivity index (χ0) is 65.2. The number of benzene rings is 14. The minimum absolute atomic E-state index is 0.0739. The van der Waals surface area contributed by atoms with Gasteiger partial charge in [0.1, 0.15) is 0 Å². The van der Waals surface area contributed by atoms with E-state index in [2.05, 4.69) is 383 Å². The molecule has 0 saturated heterocycles. The fourth-order valence-electron chi connectivity index (χ4n) is 14.3. The van der Waals surface area contributed by atoms with Crippen LogP contribution in [0.25, 0.3) is 115 Å². The number of para-hydroxylation sites is 2. The second kappa shape index (κ2) is 24.3. The van der Waals surface area contributed by atoms with Crippen molar-refractivity contribution in [1.82, 2.24) is 4.40 Å². The van der Waals surface area contributed by atoms with E-state index in [0.717, 1.165) is 112 Å². The van der Waals surface area contributed by atoms with Crippen molar-refractivity contribution in [3.8, 4) is 55.6 Å². The van der Waals surface area contributed by atoms with Crippen molar-refractivity contribution in [1.29, 1.82) is 0 Å². The van der Waals surface area contributed by atoms with E-state index in [1.807, 2.05) is 0 Å². The molecular weight excluding hydrogens is 1180 g/mol. The maximum atomic E-state index is 7.92. The van der Waals surface area contributed by atoms with E-state index in [1.54, 1.807) is 0 Å². The van der Waals surface area contributed by atoms with Crippen LogP contribution >= 0.6 is 11.6 Å². The lowest BCUT2D eigenvalue weighted by atomic mass is 9.79. The van der Waals surface area contributed by atoms with E-state index < -0.39 is 0 Å². The number of fused-ring (bicyclic) bond motifs is 10. The first-order chi connectivity index (χ1) is 46.8. The van der Waals surface area contributed by atoms with Crippen LogP contribution in [0.3, 0.4) is 0 Å². The van der Waals surface area contributed by atoms with E-state index in [4.69, 9.17) is 11.6 Å². The molecule has 0 atom stereocenters. The quantitative estimate of drug-likeness (QED) is 0.128. The highest BCUT2D eigenvalue weighted by molar-refractivity contribution is 6.31. The topological polar surface area (TPSA) is 10.9 Å². The van der Waals surface area contributed by atoms with Gasteiger partial charge in [-0.2, -0.15) is 0 Å². The van der Waals surface area contributed by atoms with Gasteiger partial charge in [-0.3, -0.25) is 0 Å². The van der Waals surface area contributed by atoms with Crippen LogP contribution in [0, 0.1) is 0 Å². The molecule has 3 nitrogen and oxygen atoms in total. The molecule has 0 N–H and O–H groups in total. The van der Waals surface area contributed by atoms with Gasteiger partial charge in [0.15, 0.2) is 0 Å². The maximum absolute atomic E-state index is 7.92. The molecule has 0 spiro atoms. The zero-order valence-electron chi connectivity index (χ0n) is 54.9. The molecule has 462 valence electrons. The summed E-state index contributed by atoms with van der Waals surface area (Å²) in [6.45, 7) is 13.9. The number of halogens is 1. The Hall–Kier alpha value is -11.2. The third-order valence-electron chi connectivity index (χ3n) is 19.2. The molecule has 14 aromatic carbocycles. The highest BCUT2D eigenvalue weighted by Crippen LogP contribution is 2.49. The van der Waals surface area contributed by atoms with E-state index in [1.165, 1.54) is 49.0 Å². The average molecular weight is 1260 g/mol. The number of hydrogen-bond acceptors (Lipinski definition) is 2. The van der Waals surface area contributed by atoms with Crippen LogP contribution in [-0.4, -0.2) is 4.40 Å². The molecule has 4 heteroatoms. The van der Waals surface area contributed by atoms with Gasteiger partial charge in [-0.1, -0.05) is 296 Å². The average Bonchev–Trinajstić information content (AvgIpc) is 1.52. The Morgan fingerprint density at radius 1 is 0.229 bits per heavy atom. The molecule has 0 unspecified atom stereocenters. The van der Waals surface area contributed by atoms with Crippen molar-refractivity contribution < 1.29 is 0 Å². The maximum Gasteiger partial charge on any atom is 0.0619 e. The van der Waals surface area contributed by atoms with Gasteiger partial charge in [0.25, 0.3) is 0 Å². The summed E-state index contributed by atoms with van der Waals surface area (Å²) >= 11 is 7.92. The number of aromatic nitrogens is 1. The Balaban J connectivity index is 1.01. The monoisotopic (exact) mass is 1250 g/mol. The minimum Gasteiger partial charge on any atom is -0.310 e. The third-order valence-corrected chi connectivity index (χ3v) is 19.4. The molecule has 96 heavy (non-hydrogen) atoms. The summed E-state index contributed by atoms with van der Waals surface area (Å²) in [7, 11) is 0. The summed E-state index contributed by atoms with van der Waals surface area (Å²) < 4.78 is 2.54. The highest BCUT2D eigenvalue weighted by atomic mass is 35.5. The van der Waals surface area contributed by atoms with Crippen molar-refractivity contribution in [3.05, 3.63) is 344 Å². The largest absolute Gasteiger partial charge is 0.310 e. The zero-order valence-corrected chi connectivity index (χ0v) is 55.7. The molecule has 0 amide bonds. The summed E-state index contributed by atoms with van der Waals surface area (Å²) in [5.74, 6) is 0. The summed E-state index contributed by atoms with van der Waals surface area (Å²) in [4.78, 5) is 4.86. The molecule has 2 aromatic heterocycles. The van der Waals surface area contributed by atoms with Gasteiger partial charge >= 0.3 is 0 Å². The molecule has 16 aromatic rings. The third kappa shape index (κ3) is 11.2. The molecule has 0 aliphatic rings. The van der Waals surface area contributed by atoms with E-state index in [9.17, 15) is 0 Å². The highest BCUT2D eigenvalue weighted by Gasteiger charge is 2.26. The van der Waals surface area contributed by atoms with E-state index in [-0.39, 0.29) is 10.8 Å². The standard InChI is InChI=1S/C92H72ClN3/c1-91(2,3)71-49-70(50-72(56-71)92(4,5)6)65-35-25-36-74(51-65)94(76-52-66(61-27-11-7-12-28-61)47-67(53-76)62-29-13-8-14-30-62)78-57-73(93)58-79(59-78)95(77-54-68(63-31-15-9-16-32-63)48-69(55-77)64-33-17-10-18-34-64)75-45-46-85-82-39-21-19-37-80(82)81-38-20-22-40-83(81)86-42-26-43-87-84-41-23-24-44-88(84)96(90(86)87)89(85)60-75/h7-60H,1-6H3. The van der Waals surface area contributed by atoms with Crippen LogP contribution in [0.2, 0.25) is 5.02 Å². The Labute approximate surface area is 567 Å². The van der Waals surface area contributed by atoms with Gasteiger partial charge in [-0.15, -0.1) is 0 Å². The Morgan fingerprint density at radius 3 is 1.03 bits per heavy atom. The molecule has 0 radical (unpaired) electrons. The first kappa shape index (κ1) is 59.8. The molecular formula is C92H72ClN3. The normalized spacial score (nSPS) is 11.9. The van der Waals surface area contributed by atoms with Gasteiger partial charge in [0, 0.05) is 60.7 Å². The van der Waals surface area contributed by atoms with Gasteiger partial charge in [0.2, 0.25) is 0 Å². The van der Waals surface area contributed by atoms with Crippen molar-refractivity contribution in [3.63, 3.8) is 0 Å². The molecule has 0 saturated carbocycles. The first-order valence-electron chi connectivity index (χ1n) is 33.3. The lowest BCUT2D eigenvalue weighted by molar-refractivity contribution is 0.569. The Morgan fingerprint density at radius 2 is 0.562 bits per heavy atom. The Bertz CT molecular complexity index is 5530. The van der Waals surface area contributed by atoms with Crippen LogP contribution < -0.4 is 9.80 Å². The fourth-order valence-corrected chi connectivity index (χ4v) is 14.6. The summed E-state index contributed by atoms with van der Waals surface area (Å²) in [5, 5.41) is 10.0. The molecule has 0 fully saturated rings. The lowest BCUT2D eigenvalue weighted by Crippen LogP contribution is -2.16. The van der Waals surface area contributed by atoms with Gasteiger partial charge in [0.05, 0.1) is 16.6 Å². The first-order valence-corrected chi connectivity index (χ1v) is 33.7. The Kier molecular flexibility index (Phi) is 15.1. The van der Waals surface area contributed by atoms with Crippen LogP contribution in [0.15, 0.2) is 328 Å². The van der Waals surface area contributed by atoms with Crippen molar-refractivity contribution in [2.45, 2.75) is 52.4 Å². The molecule has 2 heterocycles. The molecule has 16 rings (SSSR count). The number of rotatable bonds is 11. The minimum atomic E-state index is -0.0739. The smallest absolute Gasteiger partial charge is 0.0619 e. The second-order valence-corrected chi connectivity index (χ2v) is 28.0. The van der Waals surface area contributed by atoms with Crippen LogP contribution in [0.5, 0.6) is 0 Å². The molecule has 0 bridgehead atoms. The molecule has 0 aliphatic carbocycles. The van der Waals surface area contributed by atoms with Gasteiger partial charge < -0.3 is 14.2 Å². The lowest BCUT2D eigenvalue weighted by Gasteiger charge is -2.31. The van der Waals surface area contributed by atoms with Gasteiger partial charge in [-0.05, 0) is 184 Å².